The van der Waals surface area contributed by atoms with E-state index in [9.17, 15) is 0 Å². The van der Waals surface area contributed by atoms with Crippen molar-refractivity contribution in [3.63, 3.8) is 0 Å². The van der Waals surface area contributed by atoms with E-state index in [0.717, 1.165) is 36.8 Å². The van der Waals surface area contributed by atoms with Crippen LogP contribution in [0.25, 0.3) is 0 Å². The fourth-order valence-corrected chi connectivity index (χ4v) is 1.93. The highest BCUT2D eigenvalue weighted by molar-refractivity contribution is 6.48. The van der Waals surface area contributed by atoms with E-state index in [4.69, 9.17) is 10.4 Å². The summed E-state index contributed by atoms with van der Waals surface area (Å²) in [5.74, 6) is 0. The molecule has 0 atom stereocenters. The maximum atomic E-state index is 9.15. The third-order valence-corrected chi connectivity index (χ3v) is 3.09. The molecule has 4 nitrogen and oxygen atoms in total. The molecule has 0 saturated heterocycles. The van der Waals surface area contributed by atoms with Gasteiger partial charge in [-0.1, -0.05) is 66.3 Å². The Bertz CT molecular complexity index is 436. The molecular formula is C15H22N2O2. The first-order valence-electron chi connectivity index (χ1n) is 6.73. The SMILES string of the molecule is CCCCCCC(=N/O)/C(=N\O)c1ccc(C)cc1. The summed E-state index contributed by atoms with van der Waals surface area (Å²) >= 11 is 0. The summed E-state index contributed by atoms with van der Waals surface area (Å²) in [5.41, 5.74) is 2.67. The molecular weight excluding hydrogens is 240 g/mol. The van der Waals surface area contributed by atoms with Gasteiger partial charge in [-0.15, -0.1) is 0 Å². The average Bonchev–Trinajstić information content (AvgIpc) is 2.44. The van der Waals surface area contributed by atoms with Crippen LogP contribution in [0.3, 0.4) is 0 Å². The number of benzene rings is 1. The summed E-state index contributed by atoms with van der Waals surface area (Å²) < 4.78 is 0. The van der Waals surface area contributed by atoms with Crippen LogP contribution in [0.4, 0.5) is 0 Å². The molecule has 0 unspecified atom stereocenters. The molecule has 0 spiro atoms. The van der Waals surface area contributed by atoms with E-state index in [2.05, 4.69) is 17.2 Å². The molecule has 0 heterocycles. The van der Waals surface area contributed by atoms with Crippen molar-refractivity contribution in [2.24, 2.45) is 10.3 Å². The lowest BCUT2D eigenvalue weighted by Crippen LogP contribution is -2.16. The van der Waals surface area contributed by atoms with E-state index >= 15 is 0 Å². The van der Waals surface area contributed by atoms with Crippen molar-refractivity contribution in [3.05, 3.63) is 35.4 Å². The fraction of sp³-hybridized carbons (Fsp3) is 0.467. The third-order valence-electron chi connectivity index (χ3n) is 3.09. The first-order chi connectivity index (χ1) is 9.22. The van der Waals surface area contributed by atoms with Crippen LogP contribution in [0, 0.1) is 6.92 Å². The summed E-state index contributed by atoms with van der Waals surface area (Å²) in [7, 11) is 0. The van der Waals surface area contributed by atoms with Crippen molar-refractivity contribution >= 4 is 11.4 Å². The lowest BCUT2D eigenvalue weighted by molar-refractivity contribution is 0.313. The lowest BCUT2D eigenvalue weighted by atomic mass is 10.00. The molecule has 0 aromatic heterocycles. The summed E-state index contributed by atoms with van der Waals surface area (Å²) in [5, 5.41) is 24.8. The van der Waals surface area contributed by atoms with Crippen molar-refractivity contribution in [2.45, 2.75) is 46.0 Å². The average molecular weight is 262 g/mol. The standard InChI is InChI=1S/C15H22N2O2/c1-3-4-5-6-7-14(16-18)15(17-19)13-10-8-12(2)9-11-13/h8-11,18-19H,3-7H2,1-2H3/b16-14-,17-15-. The Balaban J connectivity index is 2.74. The number of rotatable bonds is 7. The maximum absolute atomic E-state index is 9.15. The number of unbranched alkanes of at least 4 members (excludes halogenated alkanes) is 3. The van der Waals surface area contributed by atoms with Crippen molar-refractivity contribution in [2.75, 3.05) is 0 Å². The minimum Gasteiger partial charge on any atom is -0.411 e. The largest absolute Gasteiger partial charge is 0.411 e. The molecule has 1 rings (SSSR count). The van der Waals surface area contributed by atoms with Gasteiger partial charge in [0.15, 0.2) is 0 Å². The normalized spacial score (nSPS) is 12.7. The number of nitrogens with zero attached hydrogens (tertiary/aromatic N) is 2. The molecule has 0 amide bonds. The Hall–Kier alpha value is -1.84. The first-order valence-corrected chi connectivity index (χ1v) is 6.73. The zero-order valence-electron chi connectivity index (χ0n) is 11.6. The van der Waals surface area contributed by atoms with Crippen LogP contribution in [0.2, 0.25) is 0 Å². The molecule has 0 radical (unpaired) electrons. The topological polar surface area (TPSA) is 65.2 Å². The predicted molar refractivity (Wildman–Crippen MR) is 77.5 cm³/mol. The van der Waals surface area contributed by atoms with Crippen LogP contribution in [0.1, 0.15) is 50.2 Å². The molecule has 0 fully saturated rings. The predicted octanol–water partition coefficient (Wildman–Crippen LogP) is 3.97. The van der Waals surface area contributed by atoms with Gasteiger partial charge in [0.1, 0.15) is 11.4 Å². The minimum atomic E-state index is 0.346. The minimum absolute atomic E-state index is 0.346. The van der Waals surface area contributed by atoms with E-state index in [1.807, 2.05) is 31.2 Å². The van der Waals surface area contributed by atoms with Crippen molar-refractivity contribution in [1.29, 1.82) is 0 Å². The molecule has 104 valence electrons. The molecule has 0 saturated carbocycles. The van der Waals surface area contributed by atoms with E-state index in [1.54, 1.807) is 0 Å². The van der Waals surface area contributed by atoms with Crippen LogP contribution in [0.15, 0.2) is 34.6 Å². The van der Waals surface area contributed by atoms with E-state index in [-0.39, 0.29) is 0 Å². The molecule has 4 heteroatoms. The molecule has 0 aliphatic rings. The van der Waals surface area contributed by atoms with Gasteiger partial charge in [-0.2, -0.15) is 0 Å². The van der Waals surface area contributed by atoms with Gasteiger partial charge in [0.25, 0.3) is 0 Å². The number of oxime groups is 2. The molecule has 0 aliphatic heterocycles. The molecule has 2 N–H and O–H groups in total. The van der Waals surface area contributed by atoms with Crippen LogP contribution in [-0.4, -0.2) is 21.8 Å². The Labute approximate surface area is 114 Å². The van der Waals surface area contributed by atoms with Gasteiger partial charge in [0, 0.05) is 5.56 Å². The summed E-state index contributed by atoms with van der Waals surface area (Å²) in [6.07, 6.45) is 4.95. The van der Waals surface area contributed by atoms with E-state index in [1.165, 1.54) is 0 Å². The smallest absolute Gasteiger partial charge is 0.134 e. The second-order valence-electron chi connectivity index (χ2n) is 4.67. The monoisotopic (exact) mass is 262 g/mol. The Morgan fingerprint density at radius 1 is 1.00 bits per heavy atom. The van der Waals surface area contributed by atoms with Crippen LogP contribution in [0.5, 0.6) is 0 Å². The van der Waals surface area contributed by atoms with Crippen molar-refractivity contribution in [1.82, 2.24) is 0 Å². The summed E-state index contributed by atoms with van der Waals surface area (Å²) in [6.45, 7) is 4.14. The number of aryl methyl sites for hydroxylation is 1. The number of hydrogen-bond acceptors (Lipinski definition) is 4. The fourth-order valence-electron chi connectivity index (χ4n) is 1.93. The Morgan fingerprint density at radius 2 is 1.68 bits per heavy atom. The highest BCUT2D eigenvalue weighted by Crippen LogP contribution is 2.11. The summed E-state index contributed by atoms with van der Waals surface area (Å²) in [4.78, 5) is 0. The Kier molecular flexibility index (Phi) is 6.64. The van der Waals surface area contributed by atoms with Gasteiger partial charge in [-0.05, 0) is 19.8 Å². The van der Waals surface area contributed by atoms with Crippen LogP contribution in [-0.2, 0) is 0 Å². The van der Waals surface area contributed by atoms with Gasteiger partial charge in [0.2, 0.25) is 0 Å². The van der Waals surface area contributed by atoms with Crippen LogP contribution >= 0.6 is 0 Å². The number of hydrogen-bond donors (Lipinski definition) is 2. The zero-order chi connectivity index (χ0) is 14.1. The zero-order valence-corrected chi connectivity index (χ0v) is 11.6. The van der Waals surface area contributed by atoms with E-state index in [0.29, 0.717) is 17.8 Å². The second kappa shape index (κ2) is 8.29. The molecule has 1 aromatic rings. The van der Waals surface area contributed by atoms with Crippen molar-refractivity contribution in [3.8, 4) is 0 Å². The van der Waals surface area contributed by atoms with Gasteiger partial charge >= 0.3 is 0 Å². The van der Waals surface area contributed by atoms with Crippen LogP contribution < -0.4 is 0 Å². The van der Waals surface area contributed by atoms with E-state index < -0.39 is 0 Å². The molecule has 1 aromatic carbocycles. The Morgan fingerprint density at radius 3 is 2.21 bits per heavy atom. The maximum Gasteiger partial charge on any atom is 0.134 e. The van der Waals surface area contributed by atoms with Gasteiger partial charge in [-0.25, -0.2) is 0 Å². The highest BCUT2D eigenvalue weighted by atomic mass is 16.4. The van der Waals surface area contributed by atoms with Gasteiger partial charge < -0.3 is 10.4 Å². The third kappa shape index (κ3) is 4.73. The van der Waals surface area contributed by atoms with Gasteiger partial charge in [-0.3, -0.25) is 0 Å². The highest BCUT2D eigenvalue weighted by Gasteiger charge is 2.13. The van der Waals surface area contributed by atoms with Crippen molar-refractivity contribution < 1.29 is 10.4 Å². The molecule has 0 bridgehead atoms. The molecule has 19 heavy (non-hydrogen) atoms. The molecule has 0 aliphatic carbocycles. The quantitative estimate of drug-likeness (QED) is 0.338. The van der Waals surface area contributed by atoms with Gasteiger partial charge in [0.05, 0.1) is 0 Å². The lowest BCUT2D eigenvalue weighted by Gasteiger charge is -2.07. The first kappa shape index (κ1) is 15.2. The summed E-state index contributed by atoms with van der Waals surface area (Å²) in [6, 6.07) is 7.60. The second-order valence-corrected chi connectivity index (χ2v) is 4.67.